The molecule has 5 rings (SSSR count). The molecule has 156 valence electrons. The van der Waals surface area contributed by atoms with Gasteiger partial charge in [0.1, 0.15) is 0 Å². The van der Waals surface area contributed by atoms with Crippen molar-refractivity contribution in [2.24, 2.45) is 0 Å². The molecule has 0 bridgehead atoms. The van der Waals surface area contributed by atoms with Crippen molar-refractivity contribution in [2.45, 2.75) is 33.4 Å². The second kappa shape index (κ2) is 8.45. The molecule has 0 saturated carbocycles. The summed E-state index contributed by atoms with van der Waals surface area (Å²) in [4.78, 5) is 30.8. The van der Waals surface area contributed by atoms with Gasteiger partial charge in [-0.1, -0.05) is 83.2 Å². The topological polar surface area (TPSA) is 34.1 Å². The standard InChI is InChI=1S/C28H20O2S2/c1-17-7-11-19(12-8-17)31-24-16-15-23-25(28(24)32-20-13-9-18(2)10-14-20)27(30)22-6-4-3-5-21(22)26(23)29/h3-16H,1-2H3. The van der Waals surface area contributed by atoms with E-state index in [2.05, 4.69) is 62.4 Å². The van der Waals surface area contributed by atoms with Crippen LogP contribution in [0.5, 0.6) is 0 Å². The van der Waals surface area contributed by atoms with Gasteiger partial charge in [0.25, 0.3) is 0 Å². The van der Waals surface area contributed by atoms with Crippen molar-refractivity contribution in [1.29, 1.82) is 0 Å². The molecule has 1 aliphatic rings. The largest absolute Gasteiger partial charge is 0.289 e. The lowest BCUT2D eigenvalue weighted by Gasteiger charge is -2.22. The summed E-state index contributed by atoms with van der Waals surface area (Å²) in [6, 6.07) is 27.5. The fraction of sp³-hybridized carbons (Fsp3) is 0.0714. The quantitative estimate of drug-likeness (QED) is 0.285. The highest BCUT2D eigenvalue weighted by molar-refractivity contribution is 8.02. The third kappa shape index (κ3) is 3.81. The van der Waals surface area contributed by atoms with Gasteiger partial charge < -0.3 is 0 Å². The van der Waals surface area contributed by atoms with Crippen LogP contribution in [0.4, 0.5) is 0 Å². The molecule has 0 aromatic heterocycles. The van der Waals surface area contributed by atoms with Crippen LogP contribution in [0.1, 0.15) is 43.0 Å². The molecule has 0 aliphatic heterocycles. The molecule has 0 radical (unpaired) electrons. The van der Waals surface area contributed by atoms with Crippen molar-refractivity contribution in [1.82, 2.24) is 0 Å². The molecule has 0 fully saturated rings. The van der Waals surface area contributed by atoms with E-state index in [4.69, 9.17) is 0 Å². The monoisotopic (exact) mass is 452 g/mol. The highest BCUT2D eigenvalue weighted by Gasteiger charge is 2.33. The van der Waals surface area contributed by atoms with Gasteiger partial charge in [0, 0.05) is 41.8 Å². The van der Waals surface area contributed by atoms with Gasteiger partial charge in [-0.2, -0.15) is 0 Å². The molecule has 4 aromatic carbocycles. The van der Waals surface area contributed by atoms with Crippen molar-refractivity contribution in [3.8, 4) is 0 Å². The summed E-state index contributed by atoms with van der Waals surface area (Å²) in [7, 11) is 0. The minimum atomic E-state index is -0.0900. The summed E-state index contributed by atoms with van der Waals surface area (Å²) in [5.41, 5.74) is 4.33. The van der Waals surface area contributed by atoms with E-state index in [0.29, 0.717) is 22.3 Å². The maximum absolute atomic E-state index is 13.6. The Morgan fingerprint density at radius 1 is 0.531 bits per heavy atom. The van der Waals surface area contributed by atoms with Crippen molar-refractivity contribution >= 4 is 35.1 Å². The predicted molar refractivity (Wildman–Crippen MR) is 130 cm³/mol. The van der Waals surface area contributed by atoms with Crippen LogP contribution in [0, 0.1) is 13.8 Å². The van der Waals surface area contributed by atoms with Crippen molar-refractivity contribution in [3.63, 3.8) is 0 Å². The fourth-order valence-electron chi connectivity index (χ4n) is 3.78. The second-order valence-corrected chi connectivity index (χ2v) is 10.0. The minimum Gasteiger partial charge on any atom is -0.289 e. The number of hydrogen-bond acceptors (Lipinski definition) is 4. The molecule has 1 aliphatic carbocycles. The zero-order valence-electron chi connectivity index (χ0n) is 17.7. The van der Waals surface area contributed by atoms with Crippen LogP contribution in [0.15, 0.2) is 105 Å². The predicted octanol–water partition coefficient (Wildman–Crippen LogP) is 7.38. The summed E-state index contributed by atoms with van der Waals surface area (Å²) < 4.78 is 0. The van der Waals surface area contributed by atoms with Gasteiger partial charge in [-0.05, 0) is 50.2 Å². The number of hydrogen-bond donors (Lipinski definition) is 0. The van der Waals surface area contributed by atoms with Crippen LogP contribution in [0.2, 0.25) is 0 Å². The highest BCUT2D eigenvalue weighted by Crippen LogP contribution is 2.44. The molecule has 0 spiro atoms. The molecule has 32 heavy (non-hydrogen) atoms. The van der Waals surface area contributed by atoms with Crippen LogP contribution in [0.25, 0.3) is 0 Å². The van der Waals surface area contributed by atoms with Gasteiger partial charge in [-0.3, -0.25) is 9.59 Å². The Labute approximate surface area is 196 Å². The van der Waals surface area contributed by atoms with E-state index < -0.39 is 0 Å². The Kier molecular flexibility index (Phi) is 5.50. The summed E-state index contributed by atoms with van der Waals surface area (Å²) in [5.74, 6) is -0.177. The summed E-state index contributed by atoms with van der Waals surface area (Å²) in [5, 5.41) is 0. The first-order valence-corrected chi connectivity index (χ1v) is 12.0. The van der Waals surface area contributed by atoms with Gasteiger partial charge in [0.05, 0.1) is 0 Å². The van der Waals surface area contributed by atoms with E-state index in [1.807, 2.05) is 12.1 Å². The van der Waals surface area contributed by atoms with Crippen molar-refractivity contribution in [3.05, 3.63) is 118 Å². The van der Waals surface area contributed by atoms with Gasteiger partial charge in [0.2, 0.25) is 0 Å². The molecule has 4 heteroatoms. The van der Waals surface area contributed by atoms with Gasteiger partial charge in [-0.25, -0.2) is 0 Å². The average Bonchev–Trinajstić information content (AvgIpc) is 2.81. The van der Waals surface area contributed by atoms with Gasteiger partial charge >= 0.3 is 0 Å². The molecule has 0 unspecified atom stereocenters. The number of benzene rings is 4. The zero-order chi connectivity index (χ0) is 22.2. The first-order valence-electron chi connectivity index (χ1n) is 10.4. The van der Waals surface area contributed by atoms with E-state index in [0.717, 1.165) is 19.6 Å². The summed E-state index contributed by atoms with van der Waals surface area (Å²) in [6.45, 7) is 4.12. The van der Waals surface area contributed by atoms with Gasteiger partial charge in [0.15, 0.2) is 11.6 Å². The minimum absolute atomic E-state index is 0.0869. The van der Waals surface area contributed by atoms with E-state index >= 15 is 0 Å². The van der Waals surface area contributed by atoms with Crippen LogP contribution in [-0.2, 0) is 0 Å². The summed E-state index contributed by atoms with van der Waals surface area (Å²) in [6.07, 6.45) is 0. The number of carbonyl (C=O) groups excluding carboxylic acids is 2. The SMILES string of the molecule is Cc1ccc(Sc2ccc3c(c2Sc2ccc(C)cc2)C(=O)c2ccccc2C3=O)cc1. The first kappa shape index (κ1) is 20.8. The molecular formula is C28H20O2S2. The van der Waals surface area contributed by atoms with Gasteiger partial charge in [-0.15, -0.1) is 0 Å². The van der Waals surface area contributed by atoms with E-state index in [1.54, 1.807) is 47.8 Å². The molecule has 4 aromatic rings. The van der Waals surface area contributed by atoms with Crippen LogP contribution in [0.3, 0.4) is 0 Å². The van der Waals surface area contributed by atoms with E-state index in [9.17, 15) is 9.59 Å². The van der Waals surface area contributed by atoms with Crippen LogP contribution >= 0.6 is 23.5 Å². The molecule has 0 amide bonds. The van der Waals surface area contributed by atoms with Crippen molar-refractivity contribution in [2.75, 3.05) is 0 Å². The Morgan fingerprint density at radius 3 is 1.66 bits per heavy atom. The lowest BCUT2D eigenvalue weighted by molar-refractivity contribution is 0.0976. The van der Waals surface area contributed by atoms with E-state index in [-0.39, 0.29) is 11.6 Å². The second-order valence-electron chi connectivity index (χ2n) is 7.85. The molecule has 0 saturated heterocycles. The molecular weight excluding hydrogens is 432 g/mol. The zero-order valence-corrected chi connectivity index (χ0v) is 19.3. The Hall–Kier alpha value is -3.08. The highest BCUT2D eigenvalue weighted by atomic mass is 32.2. The number of ketones is 2. The maximum Gasteiger partial charge on any atom is 0.195 e. The van der Waals surface area contributed by atoms with E-state index in [1.165, 1.54) is 11.1 Å². The first-order chi connectivity index (χ1) is 15.5. The Balaban J connectivity index is 1.67. The average molecular weight is 453 g/mol. The number of aryl methyl sites for hydroxylation is 2. The molecule has 0 heterocycles. The number of fused-ring (bicyclic) bond motifs is 2. The third-order valence-corrected chi connectivity index (χ3v) is 7.83. The van der Waals surface area contributed by atoms with Crippen LogP contribution in [-0.4, -0.2) is 11.6 Å². The Bertz CT molecular complexity index is 1350. The Morgan fingerprint density at radius 2 is 1.06 bits per heavy atom. The smallest absolute Gasteiger partial charge is 0.195 e. The molecule has 0 atom stereocenters. The third-order valence-electron chi connectivity index (χ3n) is 5.50. The molecule has 0 N–H and O–H groups in total. The maximum atomic E-state index is 13.6. The van der Waals surface area contributed by atoms with Crippen molar-refractivity contribution < 1.29 is 9.59 Å². The molecule has 2 nitrogen and oxygen atoms in total. The lowest BCUT2D eigenvalue weighted by atomic mass is 9.84. The number of rotatable bonds is 4. The van der Waals surface area contributed by atoms with Crippen LogP contribution < -0.4 is 0 Å². The fourth-order valence-corrected chi connectivity index (χ4v) is 5.86. The normalized spacial score (nSPS) is 12.4. The number of carbonyl (C=O) groups is 2. The lowest BCUT2D eigenvalue weighted by Crippen LogP contribution is -2.21. The summed E-state index contributed by atoms with van der Waals surface area (Å²) >= 11 is 3.16.